The van der Waals surface area contributed by atoms with Crippen LogP contribution in [0.15, 0.2) is 34.7 Å². The van der Waals surface area contributed by atoms with Crippen molar-refractivity contribution < 1.29 is 9.21 Å². The molecule has 1 unspecified atom stereocenters. The number of para-hydroxylation sites is 1. The summed E-state index contributed by atoms with van der Waals surface area (Å²) in [6, 6.07) is 9.63. The third-order valence-corrected chi connectivity index (χ3v) is 3.04. The van der Waals surface area contributed by atoms with E-state index in [1.807, 2.05) is 24.3 Å². The van der Waals surface area contributed by atoms with Crippen LogP contribution < -0.4 is 10.6 Å². The second kappa shape index (κ2) is 5.42. The normalized spacial score (nSPS) is 18.6. The van der Waals surface area contributed by atoms with Crippen molar-refractivity contribution in [3.63, 3.8) is 0 Å². The fraction of sp³-hybridized carbons (Fsp3) is 0.308. The van der Waals surface area contributed by atoms with Gasteiger partial charge in [-0.25, -0.2) is 0 Å². The zero-order valence-corrected chi connectivity index (χ0v) is 10.6. The lowest BCUT2D eigenvalue weighted by atomic mass is 10.2. The summed E-state index contributed by atoms with van der Waals surface area (Å²) in [5.74, 6) is 0.257. The molecule has 1 aliphatic rings. The first-order valence-electron chi connectivity index (χ1n) is 5.83. The van der Waals surface area contributed by atoms with Crippen molar-refractivity contribution >= 4 is 29.3 Å². The molecule has 2 aromatic rings. The first kappa shape index (κ1) is 12.9. The number of benzene rings is 1. The highest BCUT2D eigenvalue weighted by molar-refractivity contribution is 5.96. The molecule has 96 valence electrons. The molecule has 0 radical (unpaired) electrons. The largest absolute Gasteiger partial charge is 0.451 e. The van der Waals surface area contributed by atoms with Gasteiger partial charge in [0.1, 0.15) is 5.58 Å². The van der Waals surface area contributed by atoms with Crippen molar-refractivity contribution in [2.24, 2.45) is 0 Å². The van der Waals surface area contributed by atoms with Gasteiger partial charge in [-0.3, -0.25) is 4.79 Å². The SMILES string of the molecule is Cl.O=C(NC1CCNC1)c1cc2ccccc2o1. The molecule has 0 spiro atoms. The molecule has 5 heteroatoms. The monoisotopic (exact) mass is 266 g/mol. The quantitative estimate of drug-likeness (QED) is 0.874. The van der Waals surface area contributed by atoms with Gasteiger partial charge in [0.05, 0.1) is 0 Å². The van der Waals surface area contributed by atoms with E-state index in [9.17, 15) is 4.79 Å². The van der Waals surface area contributed by atoms with Gasteiger partial charge in [0, 0.05) is 18.0 Å². The van der Waals surface area contributed by atoms with E-state index in [-0.39, 0.29) is 24.4 Å². The minimum absolute atomic E-state index is 0. The van der Waals surface area contributed by atoms with Crippen LogP contribution in [-0.4, -0.2) is 25.0 Å². The molecule has 1 atom stereocenters. The second-order valence-corrected chi connectivity index (χ2v) is 4.31. The molecule has 4 nitrogen and oxygen atoms in total. The van der Waals surface area contributed by atoms with Crippen molar-refractivity contribution in [3.05, 3.63) is 36.1 Å². The first-order chi connectivity index (χ1) is 8.33. The third kappa shape index (κ3) is 2.49. The van der Waals surface area contributed by atoms with Crippen LogP contribution in [0.4, 0.5) is 0 Å². The van der Waals surface area contributed by atoms with Gasteiger partial charge >= 0.3 is 0 Å². The lowest BCUT2D eigenvalue weighted by Gasteiger charge is -2.08. The number of rotatable bonds is 2. The minimum Gasteiger partial charge on any atom is -0.451 e. The molecule has 2 heterocycles. The van der Waals surface area contributed by atoms with Crippen LogP contribution in [0.25, 0.3) is 11.0 Å². The summed E-state index contributed by atoms with van der Waals surface area (Å²) < 4.78 is 5.51. The molecule has 0 aliphatic carbocycles. The maximum atomic E-state index is 11.9. The van der Waals surface area contributed by atoms with Crippen molar-refractivity contribution in [2.45, 2.75) is 12.5 Å². The number of hydrogen-bond donors (Lipinski definition) is 2. The van der Waals surface area contributed by atoms with Crippen molar-refractivity contribution in [2.75, 3.05) is 13.1 Å². The highest BCUT2D eigenvalue weighted by atomic mass is 35.5. The van der Waals surface area contributed by atoms with E-state index in [4.69, 9.17) is 4.42 Å². The fourth-order valence-electron chi connectivity index (χ4n) is 2.13. The molecule has 3 rings (SSSR count). The van der Waals surface area contributed by atoms with Crippen molar-refractivity contribution in [3.8, 4) is 0 Å². The molecule has 18 heavy (non-hydrogen) atoms. The van der Waals surface area contributed by atoms with Gasteiger partial charge in [-0.1, -0.05) is 18.2 Å². The molecular formula is C13H15ClN2O2. The summed E-state index contributed by atoms with van der Waals surface area (Å²) in [4.78, 5) is 11.9. The van der Waals surface area contributed by atoms with Crippen LogP contribution in [0.5, 0.6) is 0 Å². The van der Waals surface area contributed by atoms with Crippen LogP contribution in [0, 0.1) is 0 Å². The smallest absolute Gasteiger partial charge is 0.287 e. The van der Waals surface area contributed by atoms with Gasteiger partial charge in [0.25, 0.3) is 5.91 Å². The summed E-state index contributed by atoms with van der Waals surface area (Å²) in [7, 11) is 0. The van der Waals surface area contributed by atoms with Gasteiger partial charge in [0.2, 0.25) is 0 Å². The Labute approximate surface area is 111 Å². The number of hydrogen-bond acceptors (Lipinski definition) is 3. The van der Waals surface area contributed by atoms with Crippen molar-refractivity contribution in [1.82, 2.24) is 10.6 Å². The number of carbonyl (C=O) groups is 1. The lowest BCUT2D eigenvalue weighted by molar-refractivity contribution is 0.0914. The first-order valence-corrected chi connectivity index (χ1v) is 5.83. The van der Waals surface area contributed by atoms with E-state index in [0.717, 1.165) is 30.5 Å². The number of nitrogens with one attached hydrogen (secondary N) is 2. The Hall–Kier alpha value is -1.52. The van der Waals surface area contributed by atoms with Crippen molar-refractivity contribution in [1.29, 1.82) is 0 Å². The van der Waals surface area contributed by atoms with Gasteiger partial charge in [-0.2, -0.15) is 0 Å². The lowest BCUT2D eigenvalue weighted by Crippen LogP contribution is -2.35. The topological polar surface area (TPSA) is 54.3 Å². The van der Waals surface area contributed by atoms with E-state index in [0.29, 0.717) is 5.76 Å². The number of amides is 1. The van der Waals surface area contributed by atoms with Crippen LogP contribution >= 0.6 is 12.4 Å². The molecule has 1 aromatic heterocycles. The summed E-state index contributed by atoms with van der Waals surface area (Å²) in [6.07, 6.45) is 0.978. The van der Waals surface area contributed by atoms with Gasteiger partial charge in [0.15, 0.2) is 5.76 Å². The Kier molecular flexibility index (Phi) is 3.89. The zero-order chi connectivity index (χ0) is 11.7. The van der Waals surface area contributed by atoms with Crippen LogP contribution in [-0.2, 0) is 0 Å². The molecule has 2 N–H and O–H groups in total. The van der Waals surface area contributed by atoms with E-state index in [1.165, 1.54) is 0 Å². The molecule has 1 fully saturated rings. The number of furan rings is 1. The standard InChI is InChI=1S/C13H14N2O2.ClH/c16-13(15-10-5-6-14-8-10)12-7-9-3-1-2-4-11(9)17-12;/h1-4,7,10,14H,5-6,8H2,(H,15,16);1H. The highest BCUT2D eigenvalue weighted by Crippen LogP contribution is 2.18. The predicted octanol–water partition coefficient (Wildman–Crippen LogP) is 1.95. The summed E-state index contributed by atoms with van der Waals surface area (Å²) >= 11 is 0. The van der Waals surface area contributed by atoms with E-state index in [2.05, 4.69) is 10.6 Å². The van der Waals surface area contributed by atoms with Gasteiger partial charge < -0.3 is 15.1 Å². The van der Waals surface area contributed by atoms with Gasteiger partial charge in [-0.05, 0) is 25.1 Å². The zero-order valence-electron chi connectivity index (χ0n) is 9.81. The van der Waals surface area contributed by atoms with E-state index < -0.39 is 0 Å². The fourth-order valence-corrected chi connectivity index (χ4v) is 2.13. The highest BCUT2D eigenvalue weighted by Gasteiger charge is 2.19. The summed E-state index contributed by atoms with van der Waals surface area (Å²) in [6.45, 7) is 1.80. The average molecular weight is 267 g/mol. The Morgan fingerprint density at radius 2 is 2.22 bits per heavy atom. The Morgan fingerprint density at radius 3 is 2.94 bits per heavy atom. The average Bonchev–Trinajstić information content (AvgIpc) is 2.96. The number of fused-ring (bicyclic) bond motifs is 1. The van der Waals surface area contributed by atoms with E-state index in [1.54, 1.807) is 6.07 Å². The summed E-state index contributed by atoms with van der Waals surface area (Å²) in [5.41, 5.74) is 0.752. The van der Waals surface area contributed by atoms with Crippen LogP contribution in [0.1, 0.15) is 17.0 Å². The Morgan fingerprint density at radius 1 is 1.39 bits per heavy atom. The number of halogens is 1. The van der Waals surface area contributed by atoms with Crippen LogP contribution in [0.2, 0.25) is 0 Å². The molecule has 1 aromatic carbocycles. The molecule has 1 saturated heterocycles. The Bertz CT molecular complexity index is 514. The maximum Gasteiger partial charge on any atom is 0.287 e. The van der Waals surface area contributed by atoms with E-state index >= 15 is 0 Å². The minimum atomic E-state index is -0.130. The molecule has 1 amide bonds. The molecular weight excluding hydrogens is 252 g/mol. The second-order valence-electron chi connectivity index (χ2n) is 4.31. The molecule has 0 bridgehead atoms. The van der Waals surface area contributed by atoms with Crippen LogP contribution in [0.3, 0.4) is 0 Å². The third-order valence-electron chi connectivity index (χ3n) is 3.04. The number of carbonyl (C=O) groups excluding carboxylic acids is 1. The maximum absolute atomic E-state index is 11.9. The van der Waals surface area contributed by atoms with Gasteiger partial charge in [-0.15, -0.1) is 12.4 Å². The molecule has 0 saturated carbocycles. The predicted molar refractivity (Wildman–Crippen MR) is 72.2 cm³/mol. The summed E-state index contributed by atoms with van der Waals surface area (Å²) in [5, 5.41) is 7.13. The molecule has 1 aliphatic heterocycles. The Balaban J connectivity index is 0.00000120.